The third-order valence-corrected chi connectivity index (χ3v) is 5.50. The summed E-state index contributed by atoms with van der Waals surface area (Å²) in [6, 6.07) is 0.507. The van der Waals surface area contributed by atoms with E-state index in [1.165, 1.54) is 0 Å². The molecule has 0 saturated carbocycles. The molecule has 0 bridgehead atoms. The molecule has 0 fully saturated rings. The van der Waals surface area contributed by atoms with Crippen LogP contribution in [0.4, 0.5) is 0 Å². The van der Waals surface area contributed by atoms with E-state index in [4.69, 9.17) is 0 Å². The number of nitrogens with zero attached hydrogens (tertiary/aromatic N) is 1. The molecule has 1 aliphatic rings. The van der Waals surface area contributed by atoms with Crippen molar-refractivity contribution in [3.63, 3.8) is 0 Å². The maximum Gasteiger partial charge on any atom is 0.0288 e. The molecule has 0 saturated heterocycles. The summed E-state index contributed by atoms with van der Waals surface area (Å²) in [6.07, 6.45) is 7.27. The molecular weight excluding hydrogens is 230 g/mol. The van der Waals surface area contributed by atoms with Crippen molar-refractivity contribution in [2.75, 3.05) is 6.54 Å². The highest BCUT2D eigenvalue weighted by Gasteiger charge is 2.49. The largest absolute Gasteiger partial charge is 0.287 e. The second kappa shape index (κ2) is 5.66. The van der Waals surface area contributed by atoms with Crippen LogP contribution in [-0.4, -0.2) is 23.0 Å². The Hall–Kier alpha value is -0.820. The van der Waals surface area contributed by atoms with Crippen molar-refractivity contribution in [2.24, 2.45) is 5.41 Å². The number of rotatable bonds is 4. The molecule has 0 radical (unpaired) electrons. The first-order chi connectivity index (χ1) is 8.71. The molecule has 108 valence electrons. The van der Waals surface area contributed by atoms with Gasteiger partial charge in [-0.05, 0) is 34.1 Å². The number of allylic oxidation sites excluding steroid dienone is 2. The lowest BCUT2D eigenvalue weighted by Gasteiger charge is -2.57. The molecule has 1 rings (SSSR count). The smallest absolute Gasteiger partial charge is 0.0288 e. The van der Waals surface area contributed by atoms with E-state index in [-0.39, 0.29) is 11.0 Å². The van der Waals surface area contributed by atoms with Crippen LogP contribution in [0.25, 0.3) is 0 Å². The molecule has 1 aliphatic heterocycles. The Morgan fingerprint density at radius 3 is 2.32 bits per heavy atom. The third kappa shape index (κ3) is 2.58. The van der Waals surface area contributed by atoms with E-state index in [1.54, 1.807) is 11.1 Å². The highest BCUT2D eigenvalue weighted by molar-refractivity contribution is 5.32. The maximum atomic E-state index is 3.75. The monoisotopic (exact) mass is 261 g/mol. The fourth-order valence-electron chi connectivity index (χ4n) is 3.57. The summed E-state index contributed by atoms with van der Waals surface area (Å²) in [5, 5.41) is 0. The van der Waals surface area contributed by atoms with Crippen molar-refractivity contribution in [1.29, 1.82) is 0 Å². The summed E-state index contributed by atoms with van der Waals surface area (Å²) in [5.41, 5.74) is 3.55. The standard InChI is InChI=1S/C18H31N/c1-9-11-12-13-19-15(4)14(3)16(10-2)17(5,6)18(19,7)8/h9,11-12,15H,1,10,13H2,2-8H3/b12-11-. The van der Waals surface area contributed by atoms with Gasteiger partial charge in [0.15, 0.2) is 0 Å². The van der Waals surface area contributed by atoms with Crippen LogP contribution < -0.4 is 0 Å². The first-order valence-electron chi connectivity index (χ1n) is 7.46. The van der Waals surface area contributed by atoms with Gasteiger partial charge in [-0.1, -0.05) is 56.7 Å². The Labute approximate surface area is 120 Å². The lowest BCUT2D eigenvalue weighted by atomic mass is 9.62. The average Bonchev–Trinajstić information content (AvgIpc) is 2.32. The molecule has 0 spiro atoms. The fourth-order valence-corrected chi connectivity index (χ4v) is 3.57. The minimum atomic E-state index is 0.156. The molecule has 1 heteroatoms. The van der Waals surface area contributed by atoms with Crippen LogP contribution in [0.1, 0.15) is 54.9 Å². The normalized spacial score (nSPS) is 27.0. The van der Waals surface area contributed by atoms with Crippen molar-refractivity contribution in [3.8, 4) is 0 Å². The Morgan fingerprint density at radius 1 is 1.26 bits per heavy atom. The van der Waals surface area contributed by atoms with E-state index >= 15 is 0 Å². The Kier molecular flexibility index (Phi) is 4.84. The quantitative estimate of drug-likeness (QED) is 0.510. The highest BCUT2D eigenvalue weighted by Crippen LogP contribution is 2.49. The van der Waals surface area contributed by atoms with Gasteiger partial charge in [-0.2, -0.15) is 0 Å². The van der Waals surface area contributed by atoms with Gasteiger partial charge in [0.1, 0.15) is 0 Å². The van der Waals surface area contributed by atoms with Gasteiger partial charge in [0.05, 0.1) is 0 Å². The van der Waals surface area contributed by atoms with Crippen LogP contribution in [0.2, 0.25) is 0 Å². The van der Waals surface area contributed by atoms with Crippen LogP contribution >= 0.6 is 0 Å². The summed E-state index contributed by atoms with van der Waals surface area (Å²) in [6.45, 7) is 21.2. The molecule has 0 aromatic heterocycles. The van der Waals surface area contributed by atoms with E-state index in [0.29, 0.717) is 6.04 Å². The minimum absolute atomic E-state index is 0.156. The van der Waals surface area contributed by atoms with Crippen molar-refractivity contribution < 1.29 is 0 Å². The Morgan fingerprint density at radius 2 is 1.84 bits per heavy atom. The van der Waals surface area contributed by atoms with Gasteiger partial charge in [-0.25, -0.2) is 0 Å². The first-order valence-corrected chi connectivity index (χ1v) is 7.46. The molecule has 0 amide bonds. The molecule has 0 N–H and O–H groups in total. The molecule has 1 atom stereocenters. The molecule has 0 aromatic carbocycles. The topological polar surface area (TPSA) is 3.24 Å². The second-order valence-corrected chi connectivity index (χ2v) is 6.69. The molecule has 1 nitrogen and oxygen atoms in total. The van der Waals surface area contributed by atoms with Crippen molar-refractivity contribution in [2.45, 2.75) is 66.5 Å². The van der Waals surface area contributed by atoms with Crippen LogP contribution in [0.3, 0.4) is 0 Å². The summed E-state index contributed by atoms with van der Waals surface area (Å²) < 4.78 is 0. The van der Waals surface area contributed by atoms with Crippen LogP contribution in [0.15, 0.2) is 36.0 Å². The average molecular weight is 261 g/mol. The van der Waals surface area contributed by atoms with Gasteiger partial charge in [0, 0.05) is 23.5 Å². The minimum Gasteiger partial charge on any atom is -0.287 e. The maximum absolute atomic E-state index is 3.75. The SMILES string of the molecule is C=C/C=C\CN1C(C)C(C)=C(CC)C(C)(C)C1(C)C. The third-order valence-electron chi connectivity index (χ3n) is 5.50. The molecular formula is C18H31N. The fraction of sp³-hybridized carbons (Fsp3) is 0.667. The van der Waals surface area contributed by atoms with Crippen LogP contribution in [0, 0.1) is 5.41 Å². The van der Waals surface area contributed by atoms with Gasteiger partial charge < -0.3 is 0 Å². The molecule has 19 heavy (non-hydrogen) atoms. The predicted octanol–water partition coefficient (Wildman–Crippen LogP) is 4.96. The van der Waals surface area contributed by atoms with Gasteiger partial charge in [0.25, 0.3) is 0 Å². The van der Waals surface area contributed by atoms with Gasteiger partial charge in [-0.3, -0.25) is 4.90 Å². The lowest BCUT2D eigenvalue weighted by Crippen LogP contribution is -2.61. The summed E-state index contributed by atoms with van der Waals surface area (Å²) in [7, 11) is 0. The van der Waals surface area contributed by atoms with E-state index < -0.39 is 0 Å². The van der Waals surface area contributed by atoms with E-state index in [1.807, 2.05) is 12.2 Å². The zero-order valence-corrected chi connectivity index (χ0v) is 13.9. The molecule has 0 aliphatic carbocycles. The van der Waals surface area contributed by atoms with Gasteiger partial charge >= 0.3 is 0 Å². The zero-order chi connectivity index (χ0) is 14.8. The zero-order valence-electron chi connectivity index (χ0n) is 13.9. The van der Waals surface area contributed by atoms with Crippen molar-refractivity contribution in [1.82, 2.24) is 4.90 Å². The van der Waals surface area contributed by atoms with Crippen molar-refractivity contribution >= 4 is 0 Å². The van der Waals surface area contributed by atoms with Gasteiger partial charge in [0.2, 0.25) is 0 Å². The van der Waals surface area contributed by atoms with Crippen LogP contribution in [-0.2, 0) is 0 Å². The Balaban J connectivity index is 3.25. The number of hydrogen-bond donors (Lipinski definition) is 0. The summed E-state index contributed by atoms with van der Waals surface area (Å²) in [4.78, 5) is 2.61. The molecule has 1 unspecified atom stereocenters. The predicted molar refractivity (Wildman–Crippen MR) is 86.4 cm³/mol. The highest BCUT2D eigenvalue weighted by atomic mass is 15.2. The van der Waals surface area contributed by atoms with Crippen molar-refractivity contribution in [3.05, 3.63) is 36.0 Å². The van der Waals surface area contributed by atoms with E-state index in [0.717, 1.165) is 13.0 Å². The summed E-state index contributed by atoms with van der Waals surface area (Å²) in [5.74, 6) is 0. The molecule has 0 aromatic rings. The number of hydrogen-bond acceptors (Lipinski definition) is 1. The Bertz CT molecular complexity index is 396. The molecule has 1 heterocycles. The van der Waals surface area contributed by atoms with Gasteiger partial charge in [-0.15, -0.1) is 0 Å². The first kappa shape index (κ1) is 16.2. The lowest BCUT2D eigenvalue weighted by molar-refractivity contribution is 0.00338. The van der Waals surface area contributed by atoms with Crippen LogP contribution in [0.5, 0.6) is 0 Å². The van der Waals surface area contributed by atoms with E-state index in [2.05, 4.69) is 66.0 Å². The van der Waals surface area contributed by atoms with E-state index in [9.17, 15) is 0 Å². The summed E-state index contributed by atoms with van der Waals surface area (Å²) >= 11 is 0. The second-order valence-electron chi connectivity index (χ2n) is 6.69.